The van der Waals surface area contributed by atoms with Crippen molar-refractivity contribution in [1.29, 1.82) is 0 Å². The number of ether oxygens (including phenoxy) is 1. The van der Waals surface area contributed by atoms with Crippen molar-refractivity contribution in [3.8, 4) is 33.9 Å². The lowest BCUT2D eigenvalue weighted by Gasteiger charge is -2.35. The van der Waals surface area contributed by atoms with E-state index in [0.717, 1.165) is 45.2 Å². The van der Waals surface area contributed by atoms with Crippen molar-refractivity contribution in [2.75, 3.05) is 0 Å². The predicted octanol–water partition coefficient (Wildman–Crippen LogP) is 12.2. The SMILES string of the molecule is c1ccc([Si](c2ccccc2)(c2cccc(-c3ccc4nc5n(c4c3)-c3ccccc3OC5)c2)c2cccc(-n3c4ccccc4c4cc(-n5c6ccccc6c6ccccc65)ccc43)c2)cc1. The van der Waals surface area contributed by atoms with E-state index in [1.807, 2.05) is 12.1 Å². The second-order valence-electron chi connectivity index (χ2n) is 17.9. The summed E-state index contributed by atoms with van der Waals surface area (Å²) in [7, 11) is -3.00. The molecule has 320 valence electrons. The first-order valence-electron chi connectivity index (χ1n) is 23.3. The molecule has 1 aliphatic rings. The molecule has 3 aromatic heterocycles. The Kier molecular flexibility index (Phi) is 8.60. The highest BCUT2D eigenvalue weighted by Crippen LogP contribution is 2.38. The first-order valence-corrected chi connectivity index (χ1v) is 25.3. The highest BCUT2D eigenvalue weighted by Gasteiger charge is 2.42. The molecule has 5 nitrogen and oxygen atoms in total. The molecule has 0 saturated carbocycles. The smallest absolute Gasteiger partial charge is 0.179 e. The standard InChI is InChI=1S/C62H42N4OSi/c1-3-19-46(20-4-1)68(47-21-5-2-6-22-47,48-23-15-17-42(37-48)43-33-35-54-60(38-43)66-59-31-13-14-32-61(59)67-41-62(66)63-54)49-24-16-18-44(39-49)64-57-30-12-9-27-52(57)53-40-45(34-36-58(53)64)65-55-28-10-7-25-50(55)51-26-8-11-29-56(51)65/h1-40H,41H2. The number of imidazole rings is 1. The Labute approximate surface area is 394 Å². The summed E-state index contributed by atoms with van der Waals surface area (Å²) >= 11 is 0. The fourth-order valence-electron chi connectivity index (χ4n) is 11.3. The monoisotopic (exact) mass is 886 g/mol. The van der Waals surface area contributed by atoms with Crippen LogP contribution in [0.3, 0.4) is 0 Å². The average molecular weight is 887 g/mol. The van der Waals surface area contributed by atoms with E-state index in [1.54, 1.807) is 0 Å². The number of fused-ring (bicyclic) bond motifs is 11. The Balaban J connectivity index is 0.969. The summed E-state index contributed by atoms with van der Waals surface area (Å²) in [5, 5.41) is 10.3. The van der Waals surface area contributed by atoms with Crippen LogP contribution in [0, 0.1) is 0 Å². The van der Waals surface area contributed by atoms with Gasteiger partial charge in [0.05, 0.1) is 38.8 Å². The molecule has 4 heterocycles. The highest BCUT2D eigenvalue weighted by atomic mass is 28.3. The first kappa shape index (κ1) is 38.5. The molecule has 1 aliphatic heterocycles. The van der Waals surface area contributed by atoms with Gasteiger partial charge in [-0.1, -0.05) is 170 Å². The topological polar surface area (TPSA) is 36.9 Å². The number of hydrogen-bond donors (Lipinski definition) is 0. The van der Waals surface area contributed by atoms with Gasteiger partial charge >= 0.3 is 0 Å². The molecular formula is C62H42N4OSi. The van der Waals surface area contributed by atoms with Crippen molar-refractivity contribution >= 4 is 83.5 Å². The highest BCUT2D eigenvalue weighted by molar-refractivity contribution is 7.20. The summed E-state index contributed by atoms with van der Waals surface area (Å²) < 4.78 is 13.3. The number of nitrogens with zero attached hydrogens (tertiary/aromatic N) is 4. The lowest BCUT2D eigenvalue weighted by molar-refractivity contribution is 0.280. The normalized spacial score (nSPS) is 12.5. The van der Waals surface area contributed by atoms with Crippen molar-refractivity contribution in [3.63, 3.8) is 0 Å². The van der Waals surface area contributed by atoms with Crippen molar-refractivity contribution < 1.29 is 4.74 Å². The third-order valence-corrected chi connectivity index (χ3v) is 19.0. The number of benzene rings is 10. The summed E-state index contributed by atoms with van der Waals surface area (Å²) in [6, 6.07) is 89.5. The molecule has 0 amide bonds. The third-order valence-electron chi connectivity index (χ3n) is 14.3. The Bertz CT molecular complexity index is 4020. The number of rotatable bonds is 7. The van der Waals surface area contributed by atoms with Crippen molar-refractivity contribution in [2.24, 2.45) is 0 Å². The van der Waals surface area contributed by atoms with Crippen LogP contribution in [0.15, 0.2) is 243 Å². The van der Waals surface area contributed by atoms with Crippen molar-refractivity contribution in [1.82, 2.24) is 18.7 Å². The van der Waals surface area contributed by atoms with Gasteiger partial charge in [0.2, 0.25) is 0 Å². The predicted molar refractivity (Wildman–Crippen MR) is 283 cm³/mol. The average Bonchev–Trinajstić information content (AvgIpc) is 4.07. The maximum Gasteiger partial charge on any atom is 0.179 e. The fraction of sp³-hybridized carbons (Fsp3) is 0.0161. The van der Waals surface area contributed by atoms with Gasteiger partial charge in [-0.15, -0.1) is 0 Å². The molecule has 0 atom stereocenters. The maximum atomic E-state index is 6.11. The van der Waals surface area contributed by atoms with Crippen LogP contribution in [0.2, 0.25) is 0 Å². The Hall–Kier alpha value is -8.71. The lowest BCUT2D eigenvalue weighted by atomic mass is 10.1. The van der Waals surface area contributed by atoms with E-state index in [-0.39, 0.29) is 0 Å². The zero-order valence-electron chi connectivity index (χ0n) is 37.0. The summed E-state index contributed by atoms with van der Waals surface area (Å²) in [5.74, 6) is 1.79. The third kappa shape index (κ3) is 5.71. The number of hydrogen-bond acceptors (Lipinski definition) is 2. The molecule has 0 radical (unpaired) electrons. The van der Waals surface area contributed by atoms with Crippen LogP contribution in [-0.2, 0) is 6.61 Å². The molecule has 0 bridgehead atoms. The minimum absolute atomic E-state index is 0.441. The molecule has 68 heavy (non-hydrogen) atoms. The Morgan fingerprint density at radius 1 is 0.353 bits per heavy atom. The van der Waals surface area contributed by atoms with E-state index < -0.39 is 8.07 Å². The van der Waals surface area contributed by atoms with Gasteiger partial charge in [-0.25, -0.2) is 4.98 Å². The molecule has 0 unspecified atom stereocenters. The minimum Gasteiger partial charge on any atom is -0.483 e. The van der Waals surface area contributed by atoms with E-state index in [0.29, 0.717) is 6.61 Å². The van der Waals surface area contributed by atoms with Crippen LogP contribution < -0.4 is 25.5 Å². The van der Waals surface area contributed by atoms with E-state index in [9.17, 15) is 0 Å². The zero-order valence-corrected chi connectivity index (χ0v) is 38.0. The van der Waals surface area contributed by atoms with Gasteiger partial charge in [-0.2, -0.15) is 0 Å². The van der Waals surface area contributed by atoms with Gasteiger partial charge in [-0.05, 0) is 105 Å². The van der Waals surface area contributed by atoms with E-state index in [2.05, 4.69) is 244 Å². The fourth-order valence-corrected chi connectivity index (χ4v) is 16.2. The summed E-state index contributed by atoms with van der Waals surface area (Å²) in [5.41, 5.74) is 12.4. The van der Waals surface area contributed by atoms with Crippen LogP contribution in [0.25, 0.3) is 82.8 Å². The van der Waals surface area contributed by atoms with Crippen LogP contribution >= 0.6 is 0 Å². The molecular weight excluding hydrogens is 845 g/mol. The van der Waals surface area contributed by atoms with Gasteiger partial charge in [0.25, 0.3) is 0 Å². The number of para-hydroxylation sites is 5. The molecule has 0 saturated heterocycles. The quantitative estimate of drug-likeness (QED) is 0.118. The van der Waals surface area contributed by atoms with Crippen LogP contribution in [-0.4, -0.2) is 26.8 Å². The summed E-state index contributed by atoms with van der Waals surface area (Å²) in [6.45, 7) is 0.441. The van der Waals surface area contributed by atoms with Crippen LogP contribution in [0.1, 0.15) is 5.82 Å². The first-order chi connectivity index (χ1) is 33.7. The largest absolute Gasteiger partial charge is 0.483 e. The molecule has 10 aromatic carbocycles. The van der Waals surface area contributed by atoms with Gasteiger partial charge < -0.3 is 13.9 Å². The maximum absolute atomic E-state index is 6.11. The molecule has 6 heteroatoms. The van der Waals surface area contributed by atoms with Crippen LogP contribution in [0.5, 0.6) is 5.75 Å². The molecule has 0 fully saturated rings. The zero-order chi connectivity index (χ0) is 44.8. The number of aromatic nitrogens is 4. The van der Waals surface area contributed by atoms with Gasteiger partial charge in [0.1, 0.15) is 12.4 Å². The second-order valence-corrected chi connectivity index (χ2v) is 21.7. The van der Waals surface area contributed by atoms with Gasteiger partial charge in [-0.3, -0.25) is 4.57 Å². The summed E-state index contributed by atoms with van der Waals surface area (Å²) in [6.07, 6.45) is 0. The molecule has 0 N–H and O–H groups in total. The molecule has 0 aliphatic carbocycles. The Morgan fingerprint density at radius 2 is 0.882 bits per heavy atom. The van der Waals surface area contributed by atoms with Gasteiger partial charge in [0, 0.05) is 32.9 Å². The van der Waals surface area contributed by atoms with Gasteiger partial charge in [0.15, 0.2) is 13.9 Å². The Morgan fingerprint density at radius 3 is 1.57 bits per heavy atom. The van der Waals surface area contributed by atoms with E-state index in [1.165, 1.54) is 69.9 Å². The molecule has 13 aromatic rings. The van der Waals surface area contributed by atoms with E-state index in [4.69, 9.17) is 9.72 Å². The van der Waals surface area contributed by atoms with E-state index >= 15 is 0 Å². The van der Waals surface area contributed by atoms with Crippen LogP contribution in [0.4, 0.5) is 0 Å². The molecule has 14 rings (SSSR count). The van der Waals surface area contributed by atoms with Crippen molar-refractivity contribution in [2.45, 2.75) is 6.61 Å². The molecule has 0 spiro atoms. The minimum atomic E-state index is -3.00. The summed E-state index contributed by atoms with van der Waals surface area (Å²) in [4.78, 5) is 5.01. The second kappa shape index (κ2) is 15.2. The lowest BCUT2D eigenvalue weighted by Crippen LogP contribution is -2.74. The van der Waals surface area contributed by atoms with Crippen molar-refractivity contribution in [3.05, 3.63) is 248 Å².